The molecular formula is C24H25ClN2O2. The molecule has 4 rings (SSSR count). The number of benzene rings is 2. The molecule has 0 N–H and O–H groups in total. The van der Waals surface area contributed by atoms with Crippen LogP contribution in [-0.2, 0) is 0 Å². The second kappa shape index (κ2) is 8.34. The average Bonchev–Trinajstić information content (AvgIpc) is 3.04. The first-order valence-electron chi connectivity index (χ1n) is 9.99. The van der Waals surface area contributed by atoms with Gasteiger partial charge in [-0.1, -0.05) is 29.8 Å². The first kappa shape index (κ1) is 19.6. The Bertz CT molecular complexity index is 988. The standard InChI is InChI=1S/C24H25ClN2O2/c1-17-16-23(18(2)27(17)20-6-4-3-5-7-20)24(28)26-14-12-22(13-15-26)29-21-10-8-19(25)9-11-21/h3-11,16,22H,12-15H2,1-2H3. The molecule has 3 aromatic rings. The molecule has 1 aliphatic rings. The molecule has 1 saturated heterocycles. The first-order valence-corrected chi connectivity index (χ1v) is 10.4. The van der Waals surface area contributed by atoms with Gasteiger partial charge in [0, 0.05) is 48.0 Å². The monoisotopic (exact) mass is 408 g/mol. The molecule has 1 fully saturated rings. The molecular weight excluding hydrogens is 384 g/mol. The summed E-state index contributed by atoms with van der Waals surface area (Å²) in [6.45, 7) is 5.46. The van der Waals surface area contributed by atoms with Gasteiger partial charge in [0.05, 0.1) is 5.56 Å². The van der Waals surface area contributed by atoms with Crippen molar-refractivity contribution in [3.63, 3.8) is 0 Å². The van der Waals surface area contributed by atoms with Crippen molar-refractivity contribution >= 4 is 17.5 Å². The van der Waals surface area contributed by atoms with Crippen LogP contribution in [0.3, 0.4) is 0 Å². The zero-order valence-corrected chi connectivity index (χ0v) is 17.5. The third-order valence-corrected chi connectivity index (χ3v) is 5.77. The fourth-order valence-electron chi connectivity index (χ4n) is 4.01. The van der Waals surface area contributed by atoms with Crippen LogP contribution in [0.25, 0.3) is 5.69 Å². The van der Waals surface area contributed by atoms with E-state index in [0.29, 0.717) is 18.1 Å². The minimum atomic E-state index is 0.102. The summed E-state index contributed by atoms with van der Waals surface area (Å²) in [7, 11) is 0. The van der Waals surface area contributed by atoms with Crippen LogP contribution < -0.4 is 4.74 Å². The third kappa shape index (κ3) is 4.18. The van der Waals surface area contributed by atoms with Gasteiger partial charge in [0.1, 0.15) is 11.9 Å². The van der Waals surface area contributed by atoms with E-state index >= 15 is 0 Å². The summed E-state index contributed by atoms with van der Waals surface area (Å²) in [5, 5.41) is 0.700. The fourth-order valence-corrected chi connectivity index (χ4v) is 4.13. The van der Waals surface area contributed by atoms with Gasteiger partial charge in [0.15, 0.2) is 0 Å². The van der Waals surface area contributed by atoms with Crippen LogP contribution in [0.5, 0.6) is 5.75 Å². The number of halogens is 1. The Morgan fingerprint density at radius 3 is 2.31 bits per heavy atom. The minimum Gasteiger partial charge on any atom is -0.490 e. The van der Waals surface area contributed by atoms with Crippen LogP contribution >= 0.6 is 11.6 Å². The van der Waals surface area contributed by atoms with E-state index in [-0.39, 0.29) is 12.0 Å². The third-order valence-electron chi connectivity index (χ3n) is 5.52. The molecule has 29 heavy (non-hydrogen) atoms. The lowest BCUT2D eigenvalue weighted by atomic mass is 10.1. The summed E-state index contributed by atoms with van der Waals surface area (Å²) in [6.07, 6.45) is 1.77. The zero-order chi connectivity index (χ0) is 20.4. The highest BCUT2D eigenvalue weighted by atomic mass is 35.5. The molecule has 1 aromatic heterocycles. The van der Waals surface area contributed by atoms with Gasteiger partial charge in [-0.25, -0.2) is 0 Å². The number of piperidine rings is 1. The van der Waals surface area contributed by atoms with Crippen LogP contribution in [-0.4, -0.2) is 34.6 Å². The second-order valence-corrected chi connectivity index (χ2v) is 7.96. The maximum absolute atomic E-state index is 13.2. The SMILES string of the molecule is Cc1cc(C(=O)N2CCC(Oc3ccc(Cl)cc3)CC2)c(C)n1-c1ccccc1. The molecule has 0 spiro atoms. The number of hydrogen-bond donors (Lipinski definition) is 0. The van der Waals surface area contributed by atoms with Crippen molar-refractivity contribution in [3.05, 3.63) is 82.6 Å². The quantitative estimate of drug-likeness (QED) is 0.576. The van der Waals surface area contributed by atoms with Crippen molar-refractivity contribution in [1.29, 1.82) is 0 Å². The van der Waals surface area contributed by atoms with Crippen molar-refractivity contribution in [2.45, 2.75) is 32.8 Å². The van der Waals surface area contributed by atoms with E-state index in [1.165, 1.54) is 0 Å². The molecule has 0 unspecified atom stereocenters. The predicted molar refractivity (Wildman–Crippen MR) is 116 cm³/mol. The normalized spacial score (nSPS) is 14.8. The molecule has 0 bridgehead atoms. The molecule has 0 aliphatic carbocycles. The molecule has 5 heteroatoms. The number of para-hydroxylation sites is 1. The van der Waals surface area contributed by atoms with E-state index in [2.05, 4.69) is 16.7 Å². The molecule has 4 nitrogen and oxygen atoms in total. The highest BCUT2D eigenvalue weighted by Gasteiger charge is 2.27. The summed E-state index contributed by atoms with van der Waals surface area (Å²) in [6, 6.07) is 19.6. The largest absolute Gasteiger partial charge is 0.490 e. The fraction of sp³-hybridized carbons (Fsp3) is 0.292. The summed E-state index contributed by atoms with van der Waals surface area (Å²) < 4.78 is 8.19. The molecule has 0 saturated carbocycles. The second-order valence-electron chi connectivity index (χ2n) is 7.52. The maximum Gasteiger partial charge on any atom is 0.255 e. The summed E-state index contributed by atoms with van der Waals surface area (Å²) >= 11 is 5.93. The number of likely N-dealkylation sites (tertiary alicyclic amines) is 1. The Labute approximate surface area is 176 Å². The van der Waals surface area contributed by atoms with Gasteiger partial charge >= 0.3 is 0 Å². The average molecular weight is 409 g/mol. The van der Waals surface area contributed by atoms with Crippen LogP contribution in [0, 0.1) is 13.8 Å². The molecule has 2 aromatic carbocycles. The van der Waals surface area contributed by atoms with Crippen LogP contribution in [0.4, 0.5) is 0 Å². The lowest BCUT2D eigenvalue weighted by molar-refractivity contribution is 0.0595. The topological polar surface area (TPSA) is 34.5 Å². The number of aromatic nitrogens is 1. The summed E-state index contributed by atoms with van der Waals surface area (Å²) in [5.74, 6) is 0.927. The van der Waals surface area contributed by atoms with Crippen molar-refractivity contribution in [1.82, 2.24) is 9.47 Å². The highest BCUT2D eigenvalue weighted by molar-refractivity contribution is 6.30. The number of carbonyl (C=O) groups is 1. The smallest absolute Gasteiger partial charge is 0.255 e. The van der Waals surface area contributed by atoms with E-state index in [1.807, 2.05) is 67.3 Å². The van der Waals surface area contributed by atoms with Gasteiger partial charge in [0.2, 0.25) is 0 Å². The Hall–Kier alpha value is -2.72. The highest BCUT2D eigenvalue weighted by Crippen LogP contribution is 2.25. The van der Waals surface area contributed by atoms with E-state index in [9.17, 15) is 4.79 Å². The molecule has 1 aliphatic heterocycles. The molecule has 0 atom stereocenters. The van der Waals surface area contributed by atoms with Crippen molar-refractivity contribution in [2.24, 2.45) is 0 Å². The van der Waals surface area contributed by atoms with Gasteiger partial charge in [-0.15, -0.1) is 0 Å². The van der Waals surface area contributed by atoms with Gasteiger partial charge in [-0.05, 0) is 56.3 Å². The predicted octanol–water partition coefficient (Wildman–Crippen LogP) is 5.43. The molecule has 150 valence electrons. The van der Waals surface area contributed by atoms with Crippen LogP contribution in [0.1, 0.15) is 34.6 Å². The van der Waals surface area contributed by atoms with Gasteiger partial charge in [-0.3, -0.25) is 4.79 Å². The lowest BCUT2D eigenvalue weighted by Gasteiger charge is -2.32. The number of carbonyl (C=O) groups excluding carboxylic acids is 1. The minimum absolute atomic E-state index is 0.102. The number of amides is 1. The Kier molecular flexibility index (Phi) is 5.63. The number of hydrogen-bond acceptors (Lipinski definition) is 2. The van der Waals surface area contributed by atoms with E-state index in [0.717, 1.165) is 41.2 Å². The number of ether oxygens (including phenoxy) is 1. The van der Waals surface area contributed by atoms with Crippen molar-refractivity contribution < 1.29 is 9.53 Å². The zero-order valence-electron chi connectivity index (χ0n) is 16.8. The Morgan fingerprint density at radius 2 is 1.66 bits per heavy atom. The number of aryl methyl sites for hydroxylation is 1. The maximum atomic E-state index is 13.2. The Balaban J connectivity index is 1.43. The van der Waals surface area contributed by atoms with Crippen LogP contribution in [0.2, 0.25) is 5.02 Å². The number of nitrogens with zero attached hydrogens (tertiary/aromatic N) is 2. The lowest BCUT2D eigenvalue weighted by Crippen LogP contribution is -2.41. The summed E-state index contributed by atoms with van der Waals surface area (Å²) in [4.78, 5) is 15.1. The van der Waals surface area contributed by atoms with Gasteiger partial charge in [0.25, 0.3) is 5.91 Å². The molecule has 1 amide bonds. The van der Waals surface area contributed by atoms with Crippen molar-refractivity contribution in [3.8, 4) is 11.4 Å². The first-order chi connectivity index (χ1) is 14.0. The van der Waals surface area contributed by atoms with Crippen LogP contribution in [0.15, 0.2) is 60.7 Å². The van der Waals surface area contributed by atoms with Crippen molar-refractivity contribution in [2.75, 3.05) is 13.1 Å². The van der Waals surface area contributed by atoms with Gasteiger partial charge in [-0.2, -0.15) is 0 Å². The summed E-state index contributed by atoms with van der Waals surface area (Å²) in [5.41, 5.74) is 3.91. The Morgan fingerprint density at radius 1 is 1.00 bits per heavy atom. The van der Waals surface area contributed by atoms with E-state index < -0.39 is 0 Å². The molecule has 2 heterocycles. The van der Waals surface area contributed by atoms with E-state index in [1.54, 1.807) is 0 Å². The van der Waals surface area contributed by atoms with E-state index in [4.69, 9.17) is 16.3 Å². The molecule has 0 radical (unpaired) electrons. The van der Waals surface area contributed by atoms with Gasteiger partial charge < -0.3 is 14.2 Å². The number of rotatable bonds is 4.